The number of nitrogens with one attached hydrogen (secondary N) is 1. The van der Waals surface area contributed by atoms with Crippen molar-refractivity contribution in [2.45, 2.75) is 18.8 Å². The van der Waals surface area contributed by atoms with Gasteiger partial charge in [-0.05, 0) is 30.7 Å². The topological polar surface area (TPSA) is 75.5 Å². The summed E-state index contributed by atoms with van der Waals surface area (Å²) in [6.07, 6.45) is -0.546. The predicted octanol–water partition coefficient (Wildman–Crippen LogP) is 3.56. The first-order valence-electron chi connectivity index (χ1n) is 10.7. The van der Waals surface area contributed by atoms with Crippen molar-refractivity contribution in [3.05, 3.63) is 92.4 Å². The van der Waals surface area contributed by atoms with Crippen molar-refractivity contribution in [3.8, 4) is 11.5 Å². The Bertz CT molecular complexity index is 1470. The van der Waals surface area contributed by atoms with Crippen molar-refractivity contribution < 1.29 is 14.3 Å². The molecule has 3 aromatic carbocycles. The Labute approximate surface area is 208 Å². The van der Waals surface area contributed by atoms with Gasteiger partial charge in [0.15, 0.2) is 22.8 Å². The van der Waals surface area contributed by atoms with Crippen LogP contribution in [-0.2, 0) is 10.5 Å². The molecule has 170 valence electrons. The molecular weight excluding hydrogens is 516 g/mol. The van der Waals surface area contributed by atoms with Gasteiger partial charge in [0, 0.05) is 21.0 Å². The van der Waals surface area contributed by atoms with Crippen molar-refractivity contribution in [2.75, 3.05) is 6.79 Å². The fourth-order valence-electron chi connectivity index (χ4n) is 4.06. The molecule has 3 aliphatic heterocycles. The summed E-state index contributed by atoms with van der Waals surface area (Å²) in [5.74, 6) is 1.80. The number of ether oxygens (including phenoxy) is 2. The maximum Gasteiger partial charge on any atom is 0.276 e. The Kier molecular flexibility index (Phi) is 5.30. The summed E-state index contributed by atoms with van der Waals surface area (Å²) in [4.78, 5) is 18.3. The first kappa shape index (κ1) is 21.2. The summed E-state index contributed by atoms with van der Waals surface area (Å²) in [5, 5.41) is 11.5. The highest BCUT2D eigenvalue weighted by atomic mass is 79.9. The predicted molar refractivity (Wildman–Crippen MR) is 134 cm³/mol. The molecule has 1 unspecified atom stereocenters. The smallest absolute Gasteiger partial charge is 0.276 e. The molecule has 0 aliphatic carbocycles. The lowest BCUT2D eigenvalue weighted by molar-refractivity contribution is -0.116. The molecule has 1 amide bonds. The Morgan fingerprint density at radius 1 is 1.12 bits per heavy atom. The van der Waals surface area contributed by atoms with Gasteiger partial charge in [0.2, 0.25) is 6.79 Å². The second-order valence-electron chi connectivity index (χ2n) is 8.07. The van der Waals surface area contributed by atoms with Crippen LogP contribution in [0.4, 0.5) is 0 Å². The lowest BCUT2D eigenvalue weighted by Gasteiger charge is -2.34. The largest absolute Gasteiger partial charge is 0.454 e. The fraction of sp³-hybridized carbons (Fsp3) is 0.160. The molecule has 34 heavy (non-hydrogen) atoms. The minimum atomic E-state index is -0.546. The number of aryl methyl sites for hydroxylation is 1. The van der Waals surface area contributed by atoms with Crippen LogP contribution in [0.5, 0.6) is 11.5 Å². The minimum Gasteiger partial charge on any atom is -0.454 e. The Hall–Kier alpha value is -3.30. The first-order chi connectivity index (χ1) is 16.6. The minimum absolute atomic E-state index is 0.178. The zero-order chi connectivity index (χ0) is 23.2. The first-order valence-corrected chi connectivity index (χ1v) is 12.5. The molecule has 0 bridgehead atoms. The molecule has 0 radical (unpaired) electrons. The molecule has 7 nitrogen and oxygen atoms in total. The van der Waals surface area contributed by atoms with E-state index in [1.807, 2.05) is 36.4 Å². The summed E-state index contributed by atoms with van der Waals surface area (Å²) in [7, 11) is 0. The Morgan fingerprint density at radius 2 is 1.88 bits per heavy atom. The van der Waals surface area contributed by atoms with Crippen molar-refractivity contribution >= 4 is 44.5 Å². The number of rotatable bonds is 3. The molecule has 9 heteroatoms. The molecule has 0 saturated heterocycles. The number of carbonyl (C=O) groups is 1. The van der Waals surface area contributed by atoms with Gasteiger partial charge in [0.05, 0.1) is 5.36 Å². The highest BCUT2D eigenvalue weighted by Gasteiger charge is 2.36. The van der Waals surface area contributed by atoms with Crippen LogP contribution in [0.25, 0.3) is 5.70 Å². The summed E-state index contributed by atoms with van der Waals surface area (Å²) >= 11 is 5.14. The van der Waals surface area contributed by atoms with Crippen LogP contribution in [0.3, 0.4) is 0 Å². The molecule has 0 fully saturated rings. The van der Waals surface area contributed by atoms with E-state index in [0.29, 0.717) is 28.1 Å². The molecule has 0 aromatic heterocycles. The number of halogens is 1. The third-order valence-corrected chi connectivity index (χ3v) is 7.40. The molecule has 0 saturated carbocycles. The van der Waals surface area contributed by atoms with Crippen molar-refractivity contribution in [2.24, 2.45) is 10.1 Å². The highest BCUT2D eigenvalue weighted by molar-refractivity contribution is 9.10. The fourth-order valence-corrected chi connectivity index (χ4v) is 5.40. The van der Waals surface area contributed by atoms with Crippen LogP contribution in [0.2, 0.25) is 0 Å². The number of hydrogen-bond donors (Lipinski definition) is 1. The average molecular weight is 535 g/mol. The number of para-hydroxylation sites is 1. The third kappa shape index (κ3) is 3.74. The molecule has 0 spiro atoms. The maximum atomic E-state index is 13.3. The van der Waals surface area contributed by atoms with E-state index >= 15 is 0 Å². The quantitative estimate of drug-likeness (QED) is 0.556. The van der Waals surface area contributed by atoms with Crippen molar-refractivity contribution in [1.29, 1.82) is 0 Å². The summed E-state index contributed by atoms with van der Waals surface area (Å²) in [5.41, 5.74) is 3.67. The lowest BCUT2D eigenvalue weighted by Crippen LogP contribution is -2.50. The number of hydrazone groups is 1. The Balaban J connectivity index is 1.43. The van der Waals surface area contributed by atoms with Gasteiger partial charge in [-0.3, -0.25) is 15.1 Å². The third-order valence-electron chi connectivity index (χ3n) is 5.78. The van der Waals surface area contributed by atoms with Crippen LogP contribution in [0.1, 0.15) is 22.9 Å². The van der Waals surface area contributed by atoms with E-state index in [-0.39, 0.29) is 12.7 Å². The van der Waals surface area contributed by atoms with E-state index in [0.717, 1.165) is 26.2 Å². The molecular formula is C25H19BrN4O3S. The number of amidine groups is 1. The summed E-state index contributed by atoms with van der Waals surface area (Å²) in [6.45, 7) is 2.24. The average Bonchev–Trinajstić information content (AvgIpc) is 3.29. The van der Waals surface area contributed by atoms with Gasteiger partial charge < -0.3 is 9.47 Å². The van der Waals surface area contributed by atoms with Gasteiger partial charge >= 0.3 is 0 Å². The normalized spacial score (nSPS) is 18.0. The van der Waals surface area contributed by atoms with E-state index in [1.54, 1.807) is 5.01 Å². The van der Waals surface area contributed by atoms with E-state index in [4.69, 9.17) is 19.6 Å². The number of carbonyl (C=O) groups excluding carboxylic acids is 1. The van der Waals surface area contributed by atoms with Crippen LogP contribution < -0.4 is 25.4 Å². The van der Waals surface area contributed by atoms with Crippen LogP contribution >= 0.6 is 27.7 Å². The van der Waals surface area contributed by atoms with Crippen LogP contribution in [-0.4, -0.2) is 22.9 Å². The lowest BCUT2D eigenvalue weighted by atomic mass is 10.1. The highest BCUT2D eigenvalue weighted by Crippen LogP contribution is 2.42. The van der Waals surface area contributed by atoms with Crippen LogP contribution in [0.15, 0.2) is 75.2 Å². The number of hydrogen-bond acceptors (Lipinski definition) is 7. The number of fused-ring (bicyclic) bond motifs is 3. The second-order valence-corrected chi connectivity index (χ2v) is 9.89. The maximum absolute atomic E-state index is 13.3. The molecule has 3 heterocycles. The van der Waals surface area contributed by atoms with Gasteiger partial charge in [-0.1, -0.05) is 75.7 Å². The zero-order valence-corrected chi connectivity index (χ0v) is 20.5. The summed E-state index contributed by atoms with van der Waals surface area (Å²) < 4.78 is 11.9. The summed E-state index contributed by atoms with van der Waals surface area (Å²) in [6, 6.07) is 19.7. The van der Waals surface area contributed by atoms with E-state index < -0.39 is 6.17 Å². The van der Waals surface area contributed by atoms with Gasteiger partial charge in [0.25, 0.3) is 5.91 Å². The molecule has 1 N–H and O–H groups in total. The van der Waals surface area contributed by atoms with Crippen molar-refractivity contribution in [3.63, 3.8) is 0 Å². The number of benzene rings is 3. The van der Waals surface area contributed by atoms with Gasteiger partial charge in [0.1, 0.15) is 5.70 Å². The van der Waals surface area contributed by atoms with E-state index in [1.165, 1.54) is 17.3 Å². The van der Waals surface area contributed by atoms with E-state index in [9.17, 15) is 4.79 Å². The molecule has 3 aromatic rings. The van der Waals surface area contributed by atoms with Gasteiger partial charge in [-0.15, -0.1) is 5.10 Å². The Morgan fingerprint density at radius 3 is 2.71 bits per heavy atom. The standard InChI is InChI=1S/C25H19BrN4O3S/c1-14-6-8-15(9-7-14)12-34-25-28-24(31)22-16-4-2-3-5-19(16)27-23(30(22)29-25)17-10-20-21(11-18(17)26)33-13-32-20/h2-11,23H,12-13H2,1H3,(H,28,29,31). The monoisotopic (exact) mass is 534 g/mol. The SMILES string of the molecule is Cc1ccc(CSC2=NN3C(=c4ccccc4=NC3c3cc4c(cc3Br)OCO4)C(=O)N2)cc1. The number of thioether (sulfide) groups is 1. The van der Waals surface area contributed by atoms with Crippen molar-refractivity contribution in [1.82, 2.24) is 10.3 Å². The van der Waals surface area contributed by atoms with Gasteiger partial charge in [-0.25, -0.2) is 5.01 Å². The number of nitrogens with zero attached hydrogens (tertiary/aromatic N) is 3. The molecule has 6 rings (SSSR count). The van der Waals surface area contributed by atoms with Gasteiger partial charge in [-0.2, -0.15) is 0 Å². The van der Waals surface area contributed by atoms with E-state index in [2.05, 4.69) is 52.4 Å². The molecule has 3 aliphatic rings. The molecule has 1 atom stereocenters. The second kappa shape index (κ2) is 8.48. The van der Waals surface area contributed by atoms with Crippen LogP contribution in [0, 0.1) is 6.92 Å². The zero-order valence-electron chi connectivity index (χ0n) is 18.1. The number of amides is 1.